The number of aromatic hydroxyl groups is 1. The summed E-state index contributed by atoms with van der Waals surface area (Å²) in [5.41, 5.74) is 3.12. The summed E-state index contributed by atoms with van der Waals surface area (Å²) in [6, 6.07) is 15.0. The fourth-order valence-electron chi connectivity index (χ4n) is 3.36. The number of hydrogen-bond acceptors (Lipinski definition) is 5. The van der Waals surface area contributed by atoms with Gasteiger partial charge in [-0.1, -0.05) is 24.3 Å². The molecular formula is C21H21N3O3. The molecule has 1 amide bonds. The molecule has 0 aliphatic carbocycles. The van der Waals surface area contributed by atoms with Gasteiger partial charge in [-0.3, -0.25) is 4.79 Å². The second kappa shape index (κ2) is 7.61. The highest BCUT2D eigenvalue weighted by atomic mass is 16.4. The molecule has 1 aliphatic heterocycles. The van der Waals surface area contributed by atoms with Gasteiger partial charge in [-0.05, 0) is 48.2 Å². The lowest BCUT2D eigenvalue weighted by Crippen LogP contribution is -2.35. The minimum atomic E-state index is 0.117. The van der Waals surface area contributed by atoms with Gasteiger partial charge in [0.1, 0.15) is 5.75 Å². The van der Waals surface area contributed by atoms with Crippen molar-refractivity contribution < 1.29 is 14.3 Å². The Bertz CT molecular complexity index is 937. The molecule has 1 aromatic heterocycles. The molecule has 2 aromatic carbocycles. The number of aryl methyl sites for hydroxylation is 1. The van der Waals surface area contributed by atoms with Gasteiger partial charge in [-0.25, -0.2) is 0 Å². The van der Waals surface area contributed by atoms with Gasteiger partial charge < -0.3 is 14.4 Å². The van der Waals surface area contributed by atoms with E-state index < -0.39 is 0 Å². The van der Waals surface area contributed by atoms with E-state index in [1.54, 1.807) is 12.1 Å². The molecule has 0 radical (unpaired) electrons. The van der Waals surface area contributed by atoms with Crippen molar-refractivity contribution in [3.05, 3.63) is 65.5 Å². The normalized spacial score (nSPS) is 13.4. The molecule has 0 fully saturated rings. The van der Waals surface area contributed by atoms with Gasteiger partial charge in [-0.15, -0.1) is 10.2 Å². The fraction of sp³-hybridized carbons (Fsp3) is 0.286. The van der Waals surface area contributed by atoms with Crippen LogP contribution in [-0.4, -0.2) is 32.7 Å². The summed E-state index contributed by atoms with van der Waals surface area (Å²) in [5, 5.41) is 17.8. The van der Waals surface area contributed by atoms with Crippen molar-refractivity contribution >= 4 is 5.91 Å². The molecule has 0 saturated heterocycles. The van der Waals surface area contributed by atoms with Gasteiger partial charge in [-0.2, -0.15) is 0 Å². The van der Waals surface area contributed by atoms with E-state index in [1.807, 2.05) is 41.3 Å². The van der Waals surface area contributed by atoms with Gasteiger partial charge in [0.15, 0.2) is 0 Å². The smallest absolute Gasteiger partial charge is 0.247 e. The van der Waals surface area contributed by atoms with Crippen molar-refractivity contribution in [1.29, 1.82) is 0 Å². The van der Waals surface area contributed by atoms with E-state index in [0.717, 1.165) is 24.1 Å². The third kappa shape index (κ3) is 4.00. The number of phenols is 1. The van der Waals surface area contributed by atoms with E-state index in [9.17, 15) is 9.90 Å². The average molecular weight is 363 g/mol. The third-order valence-electron chi connectivity index (χ3n) is 4.82. The van der Waals surface area contributed by atoms with Crippen LogP contribution in [0.25, 0.3) is 11.5 Å². The molecule has 0 spiro atoms. The van der Waals surface area contributed by atoms with Crippen molar-refractivity contribution in [3.63, 3.8) is 0 Å². The lowest BCUT2D eigenvalue weighted by Gasteiger charge is -2.29. The largest absolute Gasteiger partial charge is 0.508 e. The Hall–Kier alpha value is -3.15. The number of hydrogen-bond donors (Lipinski definition) is 1. The highest BCUT2D eigenvalue weighted by molar-refractivity contribution is 5.76. The van der Waals surface area contributed by atoms with Crippen molar-refractivity contribution in [2.45, 2.75) is 32.2 Å². The SMILES string of the molecule is O=C(CCCc1nnc(-c2ccccc2)o1)N1CCc2ccc(O)cc2C1. The maximum atomic E-state index is 12.5. The molecule has 0 atom stereocenters. The Kier molecular flexibility index (Phi) is 4.87. The number of aromatic nitrogens is 2. The molecule has 1 N–H and O–H groups in total. The summed E-state index contributed by atoms with van der Waals surface area (Å²) in [7, 11) is 0. The Morgan fingerprint density at radius 2 is 1.96 bits per heavy atom. The highest BCUT2D eigenvalue weighted by Gasteiger charge is 2.21. The Morgan fingerprint density at radius 1 is 1.11 bits per heavy atom. The quantitative estimate of drug-likeness (QED) is 0.752. The second-order valence-corrected chi connectivity index (χ2v) is 6.74. The Morgan fingerprint density at radius 3 is 2.81 bits per heavy atom. The average Bonchev–Trinajstić information content (AvgIpc) is 3.17. The molecule has 0 bridgehead atoms. The van der Waals surface area contributed by atoms with Crippen LogP contribution in [0.4, 0.5) is 0 Å². The van der Waals surface area contributed by atoms with Crippen LogP contribution in [0, 0.1) is 0 Å². The minimum Gasteiger partial charge on any atom is -0.508 e. The molecule has 1 aliphatic rings. The first kappa shape index (κ1) is 17.3. The molecule has 4 rings (SSSR count). The Balaban J connectivity index is 1.30. The van der Waals surface area contributed by atoms with E-state index in [4.69, 9.17) is 4.42 Å². The van der Waals surface area contributed by atoms with E-state index >= 15 is 0 Å². The van der Waals surface area contributed by atoms with Gasteiger partial charge in [0.05, 0.1) is 0 Å². The van der Waals surface area contributed by atoms with Crippen LogP contribution in [0.1, 0.15) is 29.9 Å². The first-order chi connectivity index (χ1) is 13.2. The summed E-state index contributed by atoms with van der Waals surface area (Å²) in [4.78, 5) is 14.4. The Labute approximate surface area is 157 Å². The standard InChI is InChI=1S/C21H21N3O3/c25-18-10-9-15-11-12-24(14-17(15)13-18)20(26)8-4-7-19-22-23-21(27-19)16-5-2-1-3-6-16/h1-3,5-6,9-10,13,25H,4,7-8,11-12,14H2. The zero-order valence-corrected chi connectivity index (χ0v) is 15.0. The topological polar surface area (TPSA) is 79.5 Å². The monoisotopic (exact) mass is 363 g/mol. The second-order valence-electron chi connectivity index (χ2n) is 6.74. The maximum Gasteiger partial charge on any atom is 0.247 e. The predicted molar refractivity (Wildman–Crippen MR) is 99.9 cm³/mol. The van der Waals surface area contributed by atoms with Gasteiger partial charge in [0, 0.05) is 31.5 Å². The predicted octanol–water partition coefficient (Wildman–Crippen LogP) is 3.35. The number of fused-ring (bicyclic) bond motifs is 1. The number of phenolic OH excluding ortho intramolecular Hbond substituents is 1. The molecule has 0 saturated carbocycles. The minimum absolute atomic E-state index is 0.117. The first-order valence-electron chi connectivity index (χ1n) is 9.15. The zero-order chi connectivity index (χ0) is 18.6. The number of benzene rings is 2. The van der Waals surface area contributed by atoms with Crippen LogP contribution in [0.3, 0.4) is 0 Å². The van der Waals surface area contributed by atoms with Crippen molar-refractivity contribution in [2.24, 2.45) is 0 Å². The summed E-state index contributed by atoms with van der Waals surface area (Å²) < 4.78 is 5.68. The molecule has 6 nitrogen and oxygen atoms in total. The fourth-order valence-corrected chi connectivity index (χ4v) is 3.36. The number of rotatable bonds is 5. The van der Waals surface area contributed by atoms with Crippen molar-refractivity contribution in [2.75, 3.05) is 6.54 Å². The summed E-state index contributed by atoms with van der Waals surface area (Å²) in [6.07, 6.45) is 2.51. The highest BCUT2D eigenvalue weighted by Crippen LogP contribution is 2.24. The van der Waals surface area contributed by atoms with Crippen LogP contribution in [0.15, 0.2) is 52.9 Å². The molecule has 27 heavy (non-hydrogen) atoms. The number of amides is 1. The zero-order valence-electron chi connectivity index (χ0n) is 15.0. The van der Waals surface area contributed by atoms with Gasteiger partial charge in [0.25, 0.3) is 0 Å². The van der Waals surface area contributed by atoms with E-state index in [2.05, 4.69) is 10.2 Å². The van der Waals surface area contributed by atoms with Gasteiger partial charge >= 0.3 is 0 Å². The van der Waals surface area contributed by atoms with E-state index in [-0.39, 0.29) is 11.7 Å². The summed E-state index contributed by atoms with van der Waals surface area (Å²) in [6.45, 7) is 1.27. The van der Waals surface area contributed by atoms with Crippen LogP contribution in [0.5, 0.6) is 5.75 Å². The van der Waals surface area contributed by atoms with Crippen molar-refractivity contribution in [3.8, 4) is 17.2 Å². The molecule has 0 unspecified atom stereocenters. The van der Waals surface area contributed by atoms with Gasteiger partial charge in [0.2, 0.25) is 17.7 Å². The number of carbonyl (C=O) groups is 1. The van der Waals surface area contributed by atoms with E-state index in [0.29, 0.717) is 37.6 Å². The van der Waals surface area contributed by atoms with Crippen LogP contribution >= 0.6 is 0 Å². The summed E-state index contributed by atoms with van der Waals surface area (Å²) in [5.74, 6) is 1.42. The lowest BCUT2D eigenvalue weighted by atomic mass is 9.99. The molecular weight excluding hydrogens is 342 g/mol. The maximum absolute atomic E-state index is 12.5. The molecule has 138 valence electrons. The molecule has 2 heterocycles. The third-order valence-corrected chi connectivity index (χ3v) is 4.82. The van der Waals surface area contributed by atoms with Crippen LogP contribution in [0.2, 0.25) is 0 Å². The lowest BCUT2D eigenvalue weighted by molar-refractivity contribution is -0.132. The van der Waals surface area contributed by atoms with Crippen molar-refractivity contribution in [1.82, 2.24) is 15.1 Å². The summed E-state index contributed by atoms with van der Waals surface area (Å²) >= 11 is 0. The molecule has 6 heteroatoms. The van der Waals surface area contributed by atoms with Crippen LogP contribution in [-0.2, 0) is 24.2 Å². The number of nitrogens with zero attached hydrogens (tertiary/aromatic N) is 3. The molecule has 3 aromatic rings. The number of carbonyl (C=O) groups excluding carboxylic acids is 1. The van der Waals surface area contributed by atoms with Crippen LogP contribution < -0.4 is 0 Å². The first-order valence-corrected chi connectivity index (χ1v) is 9.15. The van der Waals surface area contributed by atoms with E-state index in [1.165, 1.54) is 5.56 Å².